The molecule has 0 aromatic heterocycles. The molecular weight excluding hydrogens is 278 g/mol. The largest absolute Gasteiger partial charge is 0.466 e. The molecule has 0 unspecified atom stereocenters. The number of hydrogen-bond acceptors (Lipinski definition) is 4. The molecule has 0 aliphatic carbocycles. The predicted octanol–water partition coefficient (Wildman–Crippen LogP) is 3.96. The van der Waals surface area contributed by atoms with Crippen molar-refractivity contribution in [3.63, 3.8) is 0 Å². The number of ether oxygens (including phenoxy) is 1. The number of rotatable bonds is 7. The summed E-state index contributed by atoms with van der Waals surface area (Å²) in [4.78, 5) is 23.2. The van der Waals surface area contributed by atoms with Crippen LogP contribution in [0.5, 0.6) is 0 Å². The van der Waals surface area contributed by atoms with Crippen LogP contribution in [0.4, 0.5) is 11.4 Å². The summed E-state index contributed by atoms with van der Waals surface area (Å²) in [6.45, 7) is 2.09. The summed E-state index contributed by atoms with van der Waals surface area (Å²) in [7, 11) is 0. The smallest absolute Gasteiger partial charge is 0.306 e. The summed E-state index contributed by atoms with van der Waals surface area (Å²) < 4.78 is 4.81. The van der Waals surface area contributed by atoms with Gasteiger partial charge in [0.2, 0.25) is 0 Å². The summed E-state index contributed by atoms with van der Waals surface area (Å²) >= 11 is 0. The lowest BCUT2D eigenvalue weighted by molar-refractivity contribution is -0.143. The Kier molecular flexibility index (Phi) is 5.72. The molecule has 4 heteroatoms. The quantitative estimate of drug-likeness (QED) is 0.621. The van der Waals surface area contributed by atoms with Gasteiger partial charge in [-0.2, -0.15) is 0 Å². The van der Waals surface area contributed by atoms with E-state index in [1.807, 2.05) is 42.5 Å². The first-order chi connectivity index (χ1) is 10.7. The Morgan fingerprint density at radius 1 is 0.909 bits per heavy atom. The molecule has 0 atom stereocenters. The second kappa shape index (κ2) is 7.98. The lowest BCUT2D eigenvalue weighted by Gasteiger charge is -2.07. The van der Waals surface area contributed by atoms with Crippen molar-refractivity contribution >= 4 is 23.1 Å². The Morgan fingerprint density at radius 3 is 2.18 bits per heavy atom. The van der Waals surface area contributed by atoms with E-state index < -0.39 is 0 Å². The van der Waals surface area contributed by atoms with Crippen LogP contribution in [0.15, 0.2) is 54.6 Å². The van der Waals surface area contributed by atoms with Gasteiger partial charge in [-0.15, -0.1) is 0 Å². The third-order valence-corrected chi connectivity index (χ3v) is 3.13. The van der Waals surface area contributed by atoms with Crippen molar-refractivity contribution in [2.24, 2.45) is 0 Å². The van der Waals surface area contributed by atoms with Crippen LogP contribution < -0.4 is 5.32 Å². The average Bonchev–Trinajstić information content (AvgIpc) is 2.54. The molecule has 0 bridgehead atoms. The van der Waals surface area contributed by atoms with Gasteiger partial charge in [-0.1, -0.05) is 18.2 Å². The Labute approximate surface area is 130 Å². The number of para-hydroxylation sites is 1. The standard InChI is InChI=1S/C18H19NO3/c1-2-22-18(21)13-12-17(20)14-8-10-16(11-9-14)19-15-6-4-3-5-7-15/h3-11,19H,2,12-13H2,1H3. The lowest BCUT2D eigenvalue weighted by Crippen LogP contribution is -2.07. The van der Waals surface area contributed by atoms with Crippen LogP contribution in [0.1, 0.15) is 30.1 Å². The summed E-state index contributed by atoms with van der Waals surface area (Å²) in [6.07, 6.45) is 0.293. The zero-order valence-corrected chi connectivity index (χ0v) is 12.5. The van der Waals surface area contributed by atoms with Crippen molar-refractivity contribution < 1.29 is 14.3 Å². The molecule has 2 aromatic carbocycles. The van der Waals surface area contributed by atoms with Gasteiger partial charge in [0.1, 0.15) is 0 Å². The van der Waals surface area contributed by atoms with E-state index >= 15 is 0 Å². The number of Topliss-reactive ketones (excluding diaryl/α,β-unsaturated/α-hetero) is 1. The van der Waals surface area contributed by atoms with E-state index in [1.54, 1.807) is 19.1 Å². The minimum atomic E-state index is -0.335. The van der Waals surface area contributed by atoms with Gasteiger partial charge in [-0.3, -0.25) is 9.59 Å². The third kappa shape index (κ3) is 4.74. The lowest BCUT2D eigenvalue weighted by atomic mass is 10.1. The molecule has 2 aromatic rings. The molecule has 0 aliphatic rings. The predicted molar refractivity (Wildman–Crippen MR) is 86.4 cm³/mol. The van der Waals surface area contributed by atoms with E-state index in [2.05, 4.69) is 5.32 Å². The van der Waals surface area contributed by atoms with Gasteiger partial charge in [0.15, 0.2) is 5.78 Å². The van der Waals surface area contributed by atoms with Crippen molar-refractivity contribution in [3.05, 3.63) is 60.2 Å². The second-order valence-electron chi connectivity index (χ2n) is 4.80. The normalized spacial score (nSPS) is 10.0. The number of carbonyl (C=O) groups is 2. The average molecular weight is 297 g/mol. The maximum absolute atomic E-state index is 12.0. The van der Waals surface area contributed by atoms with Gasteiger partial charge in [0.05, 0.1) is 13.0 Å². The molecular formula is C18H19NO3. The first-order valence-electron chi connectivity index (χ1n) is 7.30. The Bertz CT molecular complexity index is 621. The fraction of sp³-hybridized carbons (Fsp3) is 0.222. The number of carbonyl (C=O) groups excluding carboxylic acids is 2. The van der Waals surface area contributed by atoms with Crippen molar-refractivity contribution in [3.8, 4) is 0 Å². The van der Waals surface area contributed by atoms with Crippen LogP contribution in [-0.2, 0) is 9.53 Å². The van der Waals surface area contributed by atoms with Crippen LogP contribution in [0, 0.1) is 0 Å². The molecule has 0 saturated carbocycles. The second-order valence-corrected chi connectivity index (χ2v) is 4.80. The first kappa shape index (κ1) is 15.8. The van der Waals surface area contributed by atoms with Crippen LogP contribution in [0.25, 0.3) is 0 Å². The van der Waals surface area contributed by atoms with Crippen molar-refractivity contribution in [1.29, 1.82) is 0 Å². The van der Waals surface area contributed by atoms with E-state index in [9.17, 15) is 9.59 Å². The molecule has 22 heavy (non-hydrogen) atoms. The minimum Gasteiger partial charge on any atom is -0.466 e. The summed E-state index contributed by atoms with van der Waals surface area (Å²) in [5.74, 6) is -0.391. The number of ketones is 1. The summed E-state index contributed by atoms with van der Waals surface area (Å²) in [5.41, 5.74) is 2.50. The third-order valence-electron chi connectivity index (χ3n) is 3.13. The highest BCUT2D eigenvalue weighted by Crippen LogP contribution is 2.17. The maximum atomic E-state index is 12.0. The zero-order chi connectivity index (χ0) is 15.8. The number of hydrogen-bond donors (Lipinski definition) is 1. The molecule has 0 spiro atoms. The molecule has 1 N–H and O–H groups in total. The van der Waals surface area contributed by atoms with Gasteiger partial charge < -0.3 is 10.1 Å². The Hall–Kier alpha value is -2.62. The number of benzene rings is 2. The van der Waals surface area contributed by atoms with Crippen LogP contribution in [0.3, 0.4) is 0 Å². The first-order valence-corrected chi connectivity index (χ1v) is 7.30. The van der Waals surface area contributed by atoms with Gasteiger partial charge in [0.25, 0.3) is 0 Å². The molecule has 0 fully saturated rings. The molecule has 2 rings (SSSR count). The van der Waals surface area contributed by atoms with E-state index in [1.165, 1.54) is 0 Å². The van der Waals surface area contributed by atoms with E-state index in [0.29, 0.717) is 12.2 Å². The van der Waals surface area contributed by atoms with Crippen LogP contribution in [-0.4, -0.2) is 18.4 Å². The van der Waals surface area contributed by atoms with Crippen molar-refractivity contribution in [2.45, 2.75) is 19.8 Å². The van der Waals surface area contributed by atoms with E-state index in [-0.39, 0.29) is 24.6 Å². The molecule has 0 heterocycles. The van der Waals surface area contributed by atoms with Crippen molar-refractivity contribution in [2.75, 3.05) is 11.9 Å². The fourth-order valence-electron chi connectivity index (χ4n) is 2.02. The van der Waals surface area contributed by atoms with Gasteiger partial charge in [-0.25, -0.2) is 0 Å². The number of nitrogens with one attached hydrogen (secondary N) is 1. The highest BCUT2D eigenvalue weighted by Gasteiger charge is 2.09. The SMILES string of the molecule is CCOC(=O)CCC(=O)c1ccc(Nc2ccccc2)cc1. The van der Waals surface area contributed by atoms with Crippen LogP contribution in [0.2, 0.25) is 0 Å². The van der Waals surface area contributed by atoms with E-state index in [4.69, 9.17) is 4.74 Å². The topological polar surface area (TPSA) is 55.4 Å². The maximum Gasteiger partial charge on any atom is 0.306 e. The van der Waals surface area contributed by atoms with E-state index in [0.717, 1.165) is 11.4 Å². The molecule has 114 valence electrons. The molecule has 0 amide bonds. The Morgan fingerprint density at radius 2 is 1.55 bits per heavy atom. The highest BCUT2D eigenvalue weighted by atomic mass is 16.5. The monoisotopic (exact) mass is 297 g/mol. The molecule has 0 saturated heterocycles. The summed E-state index contributed by atoms with van der Waals surface area (Å²) in [6, 6.07) is 17.0. The number of esters is 1. The van der Waals surface area contributed by atoms with Crippen molar-refractivity contribution in [1.82, 2.24) is 0 Å². The Balaban J connectivity index is 1.91. The fourth-order valence-corrected chi connectivity index (χ4v) is 2.02. The molecule has 4 nitrogen and oxygen atoms in total. The van der Waals surface area contributed by atoms with Gasteiger partial charge in [0, 0.05) is 23.4 Å². The highest BCUT2D eigenvalue weighted by molar-refractivity contribution is 5.97. The van der Waals surface area contributed by atoms with Crippen LogP contribution >= 0.6 is 0 Å². The number of anilines is 2. The zero-order valence-electron chi connectivity index (χ0n) is 12.5. The molecule has 0 radical (unpaired) electrons. The van der Waals surface area contributed by atoms with Gasteiger partial charge >= 0.3 is 5.97 Å². The molecule has 0 aliphatic heterocycles. The summed E-state index contributed by atoms with van der Waals surface area (Å²) in [5, 5.41) is 3.25. The minimum absolute atomic E-state index is 0.0562. The van der Waals surface area contributed by atoms with Gasteiger partial charge in [-0.05, 0) is 43.3 Å².